The van der Waals surface area contributed by atoms with Crippen molar-refractivity contribution in [3.63, 3.8) is 0 Å². The normalized spacial score (nSPS) is 12.5. The minimum atomic E-state index is -0.217. The zero-order chi connectivity index (χ0) is 11.3. The Morgan fingerprint density at radius 2 is 2.20 bits per heavy atom. The van der Waals surface area contributed by atoms with Crippen LogP contribution in [0.3, 0.4) is 0 Å². The molecular weight excluding hydrogens is 193 g/mol. The van der Waals surface area contributed by atoms with Crippen molar-refractivity contribution in [3.05, 3.63) is 29.6 Å². The van der Waals surface area contributed by atoms with Crippen molar-refractivity contribution >= 4 is 0 Å². The van der Waals surface area contributed by atoms with Crippen molar-refractivity contribution in [2.75, 3.05) is 13.7 Å². The van der Waals surface area contributed by atoms with Crippen LogP contribution in [-0.2, 0) is 0 Å². The van der Waals surface area contributed by atoms with Gasteiger partial charge < -0.3 is 10.1 Å². The van der Waals surface area contributed by atoms with Crippen LogP contribution in [0.1, 0.15) is 31.9 Å². The molecule has 2 nitrogen and oxygen atoms in total. The summed E-state index contributed by atoms with van der Waals surface area (Å²) >= 11 is 0. The zero-order valence-corrected chi connectivity index (χ0v) is 9.51. The second-order valence-electron chi connectivity index (χ2n) is 3.56. The molecule has 0 saturated carbocycles. The summed E-state index contributed by atoms with van der Waals surface area (Å²) in [6.45, 7) is 4.94. The minimum absolute atomic E-state index is 0.0378. The maximum absolute atomic E-state index is 13.6. The molecule has 0 aliphatic rings. The predicted molar refractivity (Wildman–Crippen MR) is 59.7 cm³/mol. The molecule has 1 aromatic carbocycles. The van der Waals surface area contributed by atoms with Gasteiger partial charge in [-0.3, -0.25) is 0 Å². The van der Waals surface area contributed by atoms with Gasteiger partial charge in [0.1, 0.15) is 11.6 Å². The number of benzene rings is 1. The molecule has 0 spiro atoms. The van der Waals surface area contributed by atoms with Gasteiger partial charge in [0.05, 0.1) is 7.11 Å². The maximum atomic E-state index is 13.6. The van der Waals surface area contributed by atoms with Crippen molar-refractivity contribution in [2.24, 2.45) is 0 Å². The summed E-state index contributed by atoms with van der Waals surface area (Å²) in [6, 6.07) is 5.00. The van der Waals surface area contributed by atoms with Gasteiger partial charge in [0.25, 0.3) is 0 Å². The molecule has 0 heterocycles. The van der Waals surface area contributed by atoms with Crippen LogP contribution in [0.15, 0.2) is 18.2 Å². The van der Waals surface area contributed by atoms with Gasteiger partial charge in [-0.1, -0.05) is 13.0 Å². The third kappa shape index (κ3) is 3.20. The monoisotopic (exact) mass is 211 g/mol. The molecule has 1 unspecified atom stereocenters. The molecule has 3 heteroatoms. The van der Waals surface area contributed by atoms with E-state index in [1.807, 2.05) is 6.92 Å². The minimum Gasteiger partial charge on any atom is -0.497 e. The van der Waals surface area contributed by atoms with Crippen LogP contribution in [-0.4, -0.2) is 13.7 Å². The second kappa shape index (κ2) is 5.71. The van der Waals surface area contributed by atoms with Crippen LogP contribution in [0.2, 0.25) is 0 Å². The van der Waals surface area contributed by atoms with Crippen molar-refractivity contribution < 1.29 is 9.13 Å². The summed E-state index contributed by atoms with van der Waals surface area (Å²) in [6.07, 6.45) is 1.04. The Bertz CT molecular complexity index is 314. The third-order valence-corrected chi connectivity index (χ3v) is 2.37. The molecule has 1 rings (SSSR count). The summed E-state index contributed by atoms with van der Waals surface area (Å²) in [5.41, 5.74) is 0.684. The van der Waals surface area contributed by atoms with E-state index >= 15 is 0 Å². The molecule has 1 aromatic rings. The van der Waals surface area contributed by atoms with E-state index < -0.39 is 0 Å². The summed E-state index contributed by atoms with van der Waals surface area (Å²) in [4.78, 5) is 0. The van der Waals surface area contributed by atoms with E-state index in [1.165, 1.54) is 13.2 Å². The average Bonchev–Trinajstić information content (AvgIpc) is 2.25. The van der Waals surface area contributed by atoms with Crippen molar-refractivity contribution in [1.29, 1.82) is 0 Å². The fourth-order valence-corrected chi connectivity index (χ4v) is 1.46. The quantitative estimate of drug-likeness (QED) is 0.808. The van der Waals surface area contributed by atoms with Gasteiger partial charge in [-0.05, 0) is 26.0 Å². The van der Waals surface area contributed by atoms with Gasteiger partial charge in [-0.25, -0.2) is 4.39 Å². The van der Waals surface area contributed by atoms with Gasteiger partial charge in [0, 0.05) is 17.7 Å². The van der Waals surface area contributed by atoms with Crippen LogP contribution in [0.25, 0.3) is 0 Å². The number of hydrogen-bond donors (Lipinski definition) is 1. The summed E-state index contributed by atoms with van der Waals surface area (Å²) in [5, 5.41) is 3.25. The second-order valence-corrected chi connectivity index (χ2v) is 3.56. The third-order valence-electron chi connectivity index (χ3n) is 2.37. The van der Waals surface area contributed by atoms with Gasteiger partial charge >= 0.3 is 0 Å². The van der Waals surface area contributed by atoms with Crippen molar-refractivity contribution in [1.82, 2.24) is 5.32 Å². The van der Waals surface area contributed by atoms with Crippen LogP contribution in [0.5, 0.6) is 5.75 Å². The lowest BCUT2D eigenvalue weighted by molar-refractivity contribution is 0.409. The topological polar surface area (TPSA) is 21.3 Å². The zero-order valence-electron chi connectivity index (χ0n) is 9.51. The highest BCUT2D eigenvalue weighted by molar-refractivity contribution is 5.30. The molecule has 0 aliphatic heterocycles. The van der Waals surface area contributed by atoms with Crippen molar-refractivity contribution in [2.45, 2.75) is 26.3 Å². The molecule has 1 atom stereocenters. The van der Waals surface area contributed by atoms with Gasteiger partial charge in [0.15, 0.2) is 0 Å². The highest BCUT2D eigenvalue weighted by Gasteiger charge is 2.10. The number of hydrogen-bond acceptors (Lipinski definition) is 2. The molecule has 0 saturated heterocycles. The first-order valence-corrected chi connectivity index (χ1v) is 5.25. The van der Waals surface area contributed by atoms with Crippen LogP contribution in [0.4, 0.5) is 4.39 Å². The fourth-order valence-electron chi connectivity index (χ4n) is 1.46. The Kier molecular flexibility index (Phi) is 4.56. The number of ether oxygens (including phenoxy) is 1. The molecule has 84 valence electrons. The van der Waals surface area contributed by atoms with Crippen LogP contribution in [0, 0.1) is 5.82 Å². The Morgan fingerprint density at radius 3 is 2.73 bits per heavy atom. The molecule has 15 heavy (non-hydrogen) atoms. The highest BCUT2D eigenvalue weighted by Crippen LogP contribution is 2.21. The van der Waals surface area contributed by atoms with E-state index in [-0.39, 0.29) is 11.9 Å². The predicted octanol–water partition coefficient (Wildman–Crippen LogP) is 2.89. The number of halogens is 1. The Balaban J connectivity index is 2.76. The molecule has 0 aromatic heterocycles. The van der Waals surface area contributed by atoms with Gasteiger partial charge in [0.2, 0.25) is 0 Å². The molecule has 0 bridgehead atoms. The Morgan fingerprint density at radius 1 is 1.47 bits per heavy atom. The standard InChI is InChI=1S/C12H18FNO/c1-4-7-14-9(2)11-6-5-10(15-3)8-12(11)13/h5-6,8-9,14H,4,7H2,1-3H3. The maximum Gasteiger partial charge on any atom is 0.131 e. The molecule has 0 fully saturated rings. The first kappa shape index (κ1) is 12.0. The van der Waals surface area contributed by atoms with E-state index in [1.54, 1.807) is 12.1 Å². The lowest BCUT2D eigenvalue weighted by Gasteiger charge is -2.14. The SMILES string of the molecule is CCCNC(C)c1ccc(OC)cc1F. The molecule has 0 amide bonds. The number of methoxy groups -OCH3 is 1. The summed E-state index contributed by atoms with van der Waals surface area (Å²) < 4.78 is 18.5. The molecule has 0 radical (unpaired) electrons. The Hall–Kier alpha value is -1.09. The van der Waals surface area contributed by atoms with Crippen LogP contribution < -0.4 is 10.1 Å². The smallest absolute Gasteiger partial charge is 0.131 e. The first-order chi connectivity index (χ1) is 7.19. The van der Waals surface area contributed by atoms with Gasteiger partial charge in [-0.2, -0.15) is 0 Å². The lowest BCUT2D eigenvalue weighted by Crippen LogP contribution is -2.20. The van der Waals surface area contributed by atoms with E-state index in [0.717, 1.165) is 13.0 Å². The first-order valence-electron chi connectivity index (χ1n) is 5.25. The molecule has 1 N–H and O–H groups in total. The van der Waals surface area contributed by atoms with E-state index in [0.29, 0.717) is 11.3 Å². The number of rotatable bonds is 5. The van der Waals surface area contributed by atoms with E-state index in [9.17, 15) is 4.39 Å². The van der Waals surface area contributed by atoms with Crippen LogP contribution >= 0.6 is 0 Å². The van der Waals surface area contributed by atoms with E-state index in [2.05, 4.69) is 12.2 Å². The lowest BCUT2D eigenvalue weighted by atomic mass is 10.1. The molecule has 0 aliphatic carbocycles. The van der Waals surface area contributed by atoms with Crippen molar-refractivity contribution in [3.8, 4) is 5.75 Å². The summed E-state index contributed by atoms with van der Waals surface area (Å²) in [5.74, 6) is 0.337. The summed E-state index contributed by atoms with van der Waals surface area (Å²) in [7, 11) is 1.53. The van der Waals surface area contributed by atoms with Gasteiger partial charge in [-0.15, -0.1) is 0 Å². The average molecular weight is 211 g/mol. The fraction of sp³-hybridized carbons (Fsp3) is 0.500. The number of nitrogens with one attached hydrogen (secondary N) is 1. The Labute approximate surface area is 90.4 Å². The largest absolute Gasteiger partial charge is 0.497 e. The highest BCUT2D eigenvalue weighted by atomic mass is 19.1. The van der Waals surface area contributed by atoms with E-state index in [4.69, 9.17) is 4.74 Å². The molecular formula is C12H18FNO.